The molecular formula is C17H21N5. The summed E-state index contributed by atoms with van der Waals surface area (Å²) in [5.74, 6) is 1.31. The van der Waals surface area contributed by atoms with E-state index in [0.29, 0.717) is 17.3 Å². The summed E-state index contributed by atoms with van der Waals surface area (Å²) in [6.07, 6.45) is 3.49. The molecule has 0 aliphatic rings. The van der Waals surface area contributed by atoms with Crippen LogP contribution in [-0.4, -0.2) is 16.5 Å². The summed E-state index contributed by atoms with van der Waals surface area (Å²) >= 11 is 0. The van der Waals surface area contributed by atoms with E-state index in [4.69, 9.17) is 5.26 Å². The maximum absolute atomic E-state index is 9.14. The Morgan fingerprint density at radius 2 is 2.00 bits per heavy atom. The predicted molar refractivity (Wildman–Crippen MR) is 89.2 cm³/mol. The fourth-order valence-electron chi connectivity index (χ4n) is 2.11. The van der Waals surface area contributed by atoms with E-state index in [1.165, 1.54) is 12.8 Å². The number of hydrogen-bond acceptors (Lipinski definition) is 5. The van der Waals surface area contributed by atoms with Gasteiger partial charge in [-0.3, -0.25) is 0 Å². The van der Waals surface area contributed by atoms with Crippen molar-refractivity contribution in [3.63, 3.8) is 0 Å². The zero-order chi connectivity index (χ0) is 15.8. The highest BCUT2D eigenvalue weighted by Crippen LogP contribution is 2.20. The van der Waals surface area contributed by atoms with E-state index in [-0.39, 0.29) is 0 Å². The molecule has 114 valence electrons. The monoisotopic (exact) mass is 295 g/mol. The van der Waals surface area contributed by atoms with Crippen LogP contribution in [0.25, 0.3) is 0 Å². The lowest BCUT2D eigenvalue weighted by Crippen LogP contribution is -2.07. The molecular weight excluding hydrogens is 274 g/mol. The van der Waals surface area contributed by atoms with Gasteiger partial charge in [0.05, 0.1) is 11.3 Å². The molecule has 0 saturated carbocycles. The van der Waals surface area contributed by atoms with Crippen LogP contribution in [0, 0.1) is 18.3 Å². The largest absolute Gasteiger partial charge is 0.354 e. The van der Waals surface area contributed by atoms with Crippen LogP contribution in [-0.2, 0) is 0 Å². The first-order valence-electron chi connectivity index (χ1n) is 7.58. The molecule has 0 amide bonds. The smallest absolute Gasteiger partial charge is 0.224 e. The molecule has 0 saturated heterocycles. The molecule has 0 radical (unpaired) electrons. The second kappa shape index (κ2) is 7.99. The fraction of sp³-hybridized carbons (Fsp3) is 0.353. The first kappa shape index (κ1) is 15.8. The number of anilines is 3. The van der Waals surface area contributed by atoms with Gasteiger partial charge < -0.3 is 10.6 Å². The van der Waals surface area contributed by atoms with Gasteiger partial charge in [0.15, 0.2) is 0 Å². The van der Waals surface area contributed by atoms with Crippen molar-refractivity contribution in [3.05, 3.63) is 41.6 Å². The number of para-hydroxylation sites is 1. The van der Waals surface area contributed by atoms with Gasteiger partial charge in [0.2, 0.25) is 5.95 Å². The SMILES string of the molecule is CCCCCNc1nc(C)cc(Nc2ccccc2C#N)n1. The first-order valence-corrected chi connectivity index (χ1v) is 7.58. The van der Waals surface area contributed by atoms with Gasteiger partial charge in [-0.05, 0) is 25.5 Å². The normalized spacial score (nSPS) is 10.0. The lowest BCUT2D eigenvalue weighted by Gasteiger charge is -2.10. The molecule has 5 nitrogen and oxygen atoms in total. The lowest BCUT2D eigenvalue weighted by atomic mass is 10.2. The highest BCUT2D eigenvalue weighted by molar-refractivity contribution is 5.64. The van der Waals surface area contributed by atoms with Gasteiger partial charge in [0.25, 0.3) is 0 Å². The van der Waals surface area contributed by atoms with Crippen LogP contribution < -0.4 is 10.6 Å². The summed E-state index contributed by atoms with van der Waals surface area (Å²) < 4.78 is 0. The predicted octanol–water partition coefficient (Wildman–Crippen LogP) is 4.00. The van der Waals surface area contributed by atoms with Crippen LogP contribution in [0.2, 0.25) is 0 Å². The van der Waals surface area contributed by atoms with Crippen molar-refractivity contribution in [2.45, 2.75) is 33.1 Å². The van der Waals surface area contributed by atoms with Crippen molar-refractivity contribution in [2.75, 3.05) is 17.2 Å². The van der Waals surface area contributed by atoms with E-state index < -0.39 is 0 Å². The molecule has 2 rings (SSSR count). The van der Waals surface area contributed by atoms with E-state index in [0.717, 1.165) is 24.3 Å². The van der Waals surface area contributed by atoms with Gasteiger partial charge in [0, 0.05) is 18.3 Å². The number of nitriles is 1. The van der Waals surface area contributed by atoms with Crippen LogP contribution in [0.15, 0.2) is 30.3 Å². The molecule has 22 heavy (non-hydrogen) atoms. The number of benzene rings is 1. The second-order valence-electron chi connectivity index (χ2n) is 5.13. The molecule has 5 heteroatoms. The third kappa shape index (κ3) is 4.45. The number of aromatic nitrogens is 2. The molecule has 0 bridgehead atoms. The molecule has 1 aromatic heterocycles. The van der Waals surface area contributed by atoms with E-state index in [2.05, 4.69) is 33.6 Å². The van der Waals surface area contributed by atoms with Crippen molar-refractivity contribution in [2.24, 2.45) is 0 Å². The molecule has 2 N–H and O–H groups in total. The number of rotatable bonds is 7. The summed E-state index contributed by atoms with van der Waals surface area (Å²) in [6, 6.07) is 11.4. The summed E-state index contributed by atoms with van der Waals surface area (Å²) in [4.78, 5) is 8.85. The Bertz CT molecular complexity index is 660. The molecule has 0 atom stereocenters. The van der Waals surface area contributed by atoms with Gasteiger partial charge in [-0.1, -0.05) is 31.9 Å². The van der Waals surface area contributed by atoms with Gasteiger partial charge in [-0.25, -0.2) is 4.98 Å². The molecule has 2 aromatic rings. The molecule has 0 aliphatic heterocycles. The Hall–Kier alpha value is -2.61. The minimum Gasteiger partial charge on any atom is -0.354 e. The zero-order valence-electron chi connectivity index (χ0n) is 13.1. The number of nitrogens with one attached hydrogen (secondary N) is 2. The quantitative estimate of drug-likeness (QED) is 0.755. The summed E-state index contributed by atoms with van der Waals surface area (Å²) in [7, 11) is 0. The Morgan fingerprint density at radius 1 is 1.18 bits per heavy atom. The number of hydrogen-bond donors (Lipinski definition) is 2. The molecule has 1 aromatic carbocycles. The van der Waals surface area contributed by atoms with Crippen LogP contribution in [0.3, 0.4) is 0 Å². The number of nitrogens with zero attached hydrogens (tertiary/aromatic N) is 3. The van der Waals surface area contributed by atoms with Crippen molar-refractivity contribution >= 4 is 17.5 Å². The van der Waals surface area contributed by atoms with Gasteiger partial charge >= 0.3 is 0 Å². The van der Waals surface area contributed by atoms with E-state index in [1.807, 2.05) is 31.2 Å². The highest BCUT2D eigenvalue weighted by Gasteiger charge is 2.05. The first-order chi connectivity index (χ1) is 10.7. The zero-order valence-corrected chi connectivity index (χ0v) is 13.1. The van der Waals surface area contributed by atoms with Crippen LogP contribution in [0.5, 0.6) is 0 Å². The Kier molecular flexibility index (Phi) is 5.73. The second-order valence-corrected chi connectivity index (χ2v) is 5.13. The third-order valence-corrected chi connectivity index (χ3v) is 3.23. The van der Waals surface area contributed by atoms with Crippen LogP contribution in [0.4, 0.5) is 17.5 Å². The van der Waals surface area contributed by atoms with Crippen molar-refractivity contribution in [1.82, 2.24) is 9.97 Å². The van der Waals surface area contributed by atoms with Gasteiger partial charge in [-0.2, -0.15) is 10.2 Å². The standard InChI is InChI=1S/C17H21N5/c1-3-4-7-10-19-17-20-13(2)11-16(22-17)21-15-9-6-5-8-14(15)12-18/h5-6,8-9,11H,3-4,7,10H2,1-2H3,(H2,19,20,21,22). The summed E-state index contributed by atoms with van der Waals surface area (Å²) in [5, 5.41) is 15.6. The average Bonchev–Trinajstić information content (AvgIpc) is 2.52. The van der Waals surface area contributed by atoms with Crippen molar-refractivity contribution < 1.29 is 0 Å². The molecule has 0 aliphatic carbocycles. The van der Waals surface area contributed by atoms with Crippen LogP contribution in [0.1, 0.15) is 37.4 Å². The van der Waals surface area contributed by atoms with Gasteiger partial charge in [0.1, 0.15) is 11.9 Å². The topological polar surface area (TPSA) is 73.6 Å². The Morgan fingerprint density at radius 3 is 2.77 bits per heavy atom. The average molecular weight is 295 g/mol. The van der Waals surface area contributed by atoms with Gasteiger partial charge in [-0.15, -0.1) is 0 Å². The van der Waals surface area contributed by atoms with E-state index in [9.17, 15) is 0 Å². The Balaban J connectivity index is 2.11. The minimum atomic E-state index is 0.594. The summed E-state index contributed by atoms with van der Waals surface area (Å²) in [5.41, 5.74) is 2.22. The molecule has 0 unspecified atom stereocenters. The third-order valence-electron chi connectivity index (χ3n) is 3.23. The lowest BCUT2D eigenvalue weighted by molar-refractivity contribution is 0.740. The fourth-order valence-corrected chi connectivity index (χ4v) is 2.11. The van der Waals surface area contributed by atoms with Crippen molar-refractivity contribution in [3.8, 4) is 6.07 Å². The number of aryl methyl sites for hydroxylation is 1. The van der Waals surface area contributed by atoms with Crippen LogP contribution >= 0.6 is 0 Å². The molecule has 0 spiro atoms. The maximum atomic E-state index is 9.14. The van der Waals surface area contributed by atoms with E-state index in [1.54, 1.807) is 6.07 Å². The number of unbranched alkanes of at least 4 members (excludes halogenated alkanes) is 2. The maximum Gasteiger partial charge on any atom is 0.224 e. The van der Waals surface area contributed by atoms with E-state index >= 15 is 0 Å². The Labute approximate surface area is 131 Å². The summed E-state index contributed by atoms with van der Waals surface area (Å²) in [6.45, 7) is 4.98. The minimum absolute atomic E-state index is 0.594. The van der Waals surface area contributed by atoms with Crippen molar-refractivity contribution in [1.29, 1.82) is 5.26 Å². The molecule has 1 heterocycles. The molecule has 0 fully saturated rings. The highest BCUT2D eigenvalue weighted by atomic mass is 15.1.